The molecule has 0 unspecified atom stereocenters. The van der Waals surface area contributed by atoms with Crippen LogP contribution in [0.3, 0.4) is 0 Å². The number of hydrogen-bond acceptors (Lipinski definition) is 6. The molecule has 0 aliphatic carbocycles. The van der Waals surface area contributed by atoms with Gasteiger partial charge in [0.2, 0.25) is 5.91 Å². The highest BCUT2D eigenvalue weighted by atomic mass is 32.1. The Morgan fingerprint density at radius 2 is 1.52 bits per heavy atom. The molecular formula is C23H28N4O5S. The fourth-order valence-corrected chi connectivity index (χ4v) is 2.75. The van der Waals surface area contributed by atoms with E-state index < -0.39 is 11.8 Å². The van der Waals surface area contributed by atoms with Gasteiger partial charge >= 0.3 is 0 Å². The molecule has 0 bridgehead atoms. The van der Waals surface area contributed by atoms with E-state index in [9.17, 15) is 14.4 Å². The van der Waals surface area contributed by atoms with Crippen molar-refractivity contribution in [2.45, 2.75) is 26.2 Å². The average Bonchev–Trinajstić information content (AvgIpc) is 2.82. The number of carbonyl (C=O) groups excluding carboxylic acids is 3. The summed E-state index contributed by atoms with van der Waals surface area (Å²) in [5.41, 5.74) is 6.25. The Labute approximate surface area is 198 Å². The SMILES string of the molecule is CCCCC(=O)Nc1ccc(C(=O)NNC(=S)NC(=O)c2ccc(OCCOC)cc2)cc1. The van der Waals surface area contributed by atoms with Crippen LogP contribution in [0.15, 0.2) is 48.5 Å². The number of anilines is 1. The summed E-state index contributed by atoms with van der Waals surface area (Å²) < 4.78 is 10.4. The number of ether oxygens (including phenoxy) is 2. The molecule has 0 radical (unpaired) electrons. The smallest absolute Gasteiger partial charge is 0.269 e. The van der Waals surface area contributed by atoms with Crippen LogP contribution in [0, 0.1) is 0 Å². The number of thiocarbonyl (C=S) groups is 1. The number of rotatable bonds is 10. The van der Waals surface area contributed by atoms with E-state index in [1.807, 2.05) is 6.92 Å². The van der Waals surface area contributed by atoms with Crippen LogP contribution in [0.2, 0.25) is 0 Å². The summed E-state index contributed by atoms with van der Waals surface area (Å²) in [4.78, 5) is 36.3. The minimum Gasteiger partial charge on any atom is -0.491 e. The lowest BCUT2D eigenvalue weighted by Gasteiger charge is -2.12. The van der Waals surface area contributed by atoms with E-state index in [0.717, 1.165) is 12.8 Å². The lowest BCUT2D eigenvalue weighted by Crippen LogP contribution is -2.48. The molecule has 4 N–H and O–H groups in total. The van der Waals surface area contributed by atoms with Crippen molar-refractivity contribution in [3.8, 4) is 5.75 Å². The first-order valence-corrected chi connectivity index (χ1v) is 10.9. The molecule has 0 saturated heterocycles. The molecule has 0 saturated carbocycles. The summed E-state index contributed by atoms with van der Waals surface area (Å²) >= 11 is 5.05. The number of hydrogen-bond donors (Lipinski definition) is 4. The van der Waals surface area contributed by atoms with Crippen molar-refractivity contribution in [3.63, 3.8) is 0 Å². The van der Waals surface area contributed by atoms with Crippen LogP contribution in [0.25, 0.3) is 0 Å². The molecule has 0 aliphatic rings. The highest BCUT2D eigenvalue weighted by Crippen LogP contribution is 2.12. The van der Waals surface area contributed by atoms with Crippen LogP contribution in [-0.4, -0.2) is 43.2 Å². The van der Waals surface area contributed by atoms with Gasteiger partial charge in [0.1, 0.15) is 12.4 Å². The standard InChI is InChI=1S/C23H28N4O5S/c1-3-4-5-20(28)24-18-10-6-17(7-11-18)22(30)26-27-23(33)25-21(29)16-8-12-19(13-9-16)32-15-14-31-2/h6-13H,3-5,14-15H2,1-2H3,(H,24,28)(H,26,30)(H2,25,27,29,33). The largest absolute Gasteiger partial charge is 0.491 e. The molecule has 10 heteroatoms. The van der Waals surface area contributed by atoms with Crippen LogP contribution < -0.4 is 26.2 Å². The Balaban J connectivity index is 1.77. The fraction of sp³-hybridized carbons (Fsp3) is 0.304. The highest BCUT2D eigenvalue weighted by molar-refractivity contribution is 7.80. The quantitative estimate of drug-likeness (QED) is 0.239. The van der Waals surface area contributed by atoms with Crippen LogP contribution in [0.5, 0.6) is 5.75 Å². The van der Waals surface area contributed by atoms with Crippen molar-refractivity contribution in [2.24, 2.45) is 0 Å². The Hall–Kier alpha value is -3.50. The summed E-state index contributed by atoms with van der Waals surface area (Å²) in [6.07, 6.45) is 2.22. The predicted molar refractivity (Wildman–Crippen MR) is 129 cm³/mol. The predicted octanol–water partition coefficient (Wildman–Crippen LogP) is 2.79. The monoisotopic (exact) mass is 472 g/mol. The summed E-state index contributed by atoms with van der Waals surface area (Å²) in [6, 6.07) is 13.0. The van der Waals surface area contributed by atoms with Crippen molar-refractivity contribution >= 4 is 40.7 Å². The third-order valence-corrected chi connectivity index (χ3v) is 4.58. The number of nitrogens with one attached hydrogen (secondary N) is 4. The lowest BCUT2D eigenvalue weighted by molar-refractivity contribution is -0.116. The third-order valence-electron chi connectivity index (χ3n) is 4.38. The Bertz CT molecular complexity index is 948. The van der Waals surface area contributed by atoms with Gasteiger partial charge in [-0.2, -0.15) is 0 Å². The first-order chi connectivity index (χ1) is 15.9. The number of amides is 3. The second-order valence-electron chi connectivity index (χ2n) is 6.96. The van der Waals surface area contributed by atoms with Gasteiger partial charge in [0, 0.05) is 30.3 Å². The molecule has 0 fully saturated rings. The molecule has 0 atom stereocenters. The van der Waals surface area contributed by atoms with E-state index in [2.05, 4.69) is 21.5 Å². The number of carbonyl (C=O) groups is 3. The molecule has 0 spiro atoms. The number of methoxy groups -OCH3 is 1. The van der Waals surface area contributed by atoms with Gasteiger partial charge in [-0.1, -0.05) is 13.3 Å². The van der Waals surface area contributed by atoms with Gasteiger partial charge in [-0.3, -0.25) is 30.6 Å². The first-order valence-electron chi connectivity index (χ1n) is 10.5. The molecule has 0 aliphatic heterocycles. The molecule has 2 aromatic carbocycles. The summed E-state index contributed by atoms with van der Waals surface area (Å²) in [7, 11) is 1.59. The molecule has 9 nitrogen and oxygen atoms in total. The molecule has 176 valence electrons. The second-order valence-corrected chi connectivity index (χ2v) is 7.37. The average molecular weight is 473 g/mol. The maximum atomic E-state index is 12.3. The first kappa shape index (κ1) is 25.8. The van der Waals surface area contributed by atoms with Crippen molar-refractivity contribution < 1.29 is 23.9 Å². The van der Waals surface area contributed by atoms with Gasteiger partial charge in [0.25, 0.3) is 11.8 Å². The number of benzene rings is 2. The van der Waals surface area contributed by atoms with Gasteiger partial charge in [-0.25, -0.2) is 0 Å². The van der Waals surface area contributed by atoms with Crippen LogP contribution in [0.4, 0.5) is 5.69 Å². The normalized spacial score (nSPS) is 10.1. The van der Waals surface area contributed by atoms with E-state index in [-0.39, 0.29) is 11.0 Å². The molecular weight excluding hydrogens is 444 g/mol. The Morgan fingerprint density at radius 1 is 0.879 bits per heavy atom. The maximum absolute atomic E-state index is 12.3. The van der Waals surface area contributed by atoms with Gasteiger partial charge < -0.3 is 14.8 Å². The van der Waals surface area contributed by atoms with Gasteiger partial charge in [-0.05, 0) is 67.2 Å². The van der Waals surface area contributed by atoms with E-state index in [4.69, 9.17) is 21.7 Å². The van der Waals surface area contributed by atoms with Crippen molar-refractivity contribution in [1.29, 1.82) is 0 Å². The lowest BCUT2D eigenvalue weighted by atomic mass is 10.2. The van der Waals surface area contributed by atoms with Crippen molar-refractivity contribution in [2.75, 3.05) is 25.6 Å². The fourth-order valence-electron chi connectivity index (χ4n) is 2.60. The van der Waals surface area contributed by atoms with E-state index in [0.29, 0.717) is 42.2 Å². The molecule has 0 heterocycles. The second kappa shape index (κ2) is 13.8. The summed E-state index contributed by atoms with van der Waals surface area (Å²) in [5.74, 6) is -0.338. The maximum Gasteiger partial charge on any atom is 0.269 e. The Morgan fingerprint density at radius 3 is 2.15 bits per heavy atom. The van der Waals surface area contributed by atoms with Gasteiger partial charge in [0.05, 0.1) is 6.61 Å². The van der Waals surface area contributed by atoms with Crippen LogP contribution in [-0.2, 0) is 9.53 Å². The van der Waals surface area contributed by atoms with Crippen molar-refractivity contribution in [1.82, 2.24) is 16.2 Å². The third kappa shape index (κ3) is 9.26. The zero-order valence-corrected chi connectivity index (χ0v) is 19.4. The van der Waals surface area contributed by atoms with Crippen LogP contribution in [0.1, 0.15) is 46.9 Å². The minimum absolute atomic E-state index is 0.0615. The van der Waals surface area contributed by atoms with E-state index in [1.165, 1.54) is 0 Å². The van der Waals surface area contributed by atoms with Crippen molar-refractivity contribution in [3.05, 3.63) is 59.7 Å². The zero-order chi connectivity index (χ0) is 24.1. The highest BCUT2D eigenvalue weighted by Gasteiger charge is 2.10. The molecule has 2 rings (SSSR count). The molecule has 33 heavy (non-hydrogen) atoms. The topological polar surface area (TPSA) is 118 Å². The molecule has 2 aromatic rings. The summed E-state index contributed by atoms with van der Waals surface area (Å²) in [6.45, 7) is 2.89. The Kier molecular flexibility index (Phi) is 10.8. The van der Waals surface area contributed by atoms with Crippen LogP contribution >= 0.6 is 12.2 Å². The number of hydrazine groups is 1. The van der Waals surface area contributed by atoms with E-state index >= 15 is 0 Å². The number of unbranched alkanes of at least 4 members (excludes halogenated alkanes) is 1. The van der Waals surface area contributed by atoms with Gasteiger partial charge in [-0.15, -0.1) is 0 Å². The molecule has 0 aromatic heterocycles. The zero-order valence-electron chi connectivity index (χ0n) is 18.6. The van der Waals surface area contributed by atoms with E-state index in [1.54, 1.807) is 55.6 Å². The summed E-state index contributed by atoms with van der Waals surface area (Å²) in [5, 5.41) is 5.20. The van der Waals surface area contributed by atoms with Gasteiger partial charge in [0.15, 0.2) is 5.11 Å². The minimum atomic E-state index is -0.451. The molecule has 3 amide bonds.